The van der Waals surface area contributed by atoms with E-state index in [0.29, 0.717) is 52.6 Å². The molecule has 0 atom stereocenters. The monoisotopic (exact) mass is 380 g/mol. The van der Waals surface area contributed by atoms with E-state index >= 15 is 0 Å². The molecule has 28 heavy (non-hydrogen) atoms. The highest BCUT2D eigenvalue weighted by Gasteiger charge is 2.26. The van der Waals surface area contributed by atoms with E-state index in [1.807, 2.05) is 36.1 Å². The van der Waals surface area contributed by atoms with Gasteiger partial charge < -0.3 is 23.8 Å². The second-order valence-corrected chi connectivity index (χ2v) is 7.17. The SMILES string of the molecule is Cc1noc2nc(-c3ccc4c(c3)OCO4)cc(C(=O)N3CCN(C)CC3)c12. The number of hydrogen-bond acceptors (Lipinski definition) is 7. The molecule has 8 heteroatoms. The van der Waals surface area contributed by atoms with Crippen LogP contribution in [-0.4, -0.2) is 65.9 Å². The Morgan fingerprint density at radius 1 is 1.07 bits per heavy atom. The summed E-state index contributed by atoms with van der Waals surface area (Å²) in [6.45, 7) is 5.15. The van der Waals surface area contributed by atoms with Gasteiger partial charge in [0.1, 0.15) is 0 Å². The molecule has 3 aromatic rings. The summed E-state index contributed by atoms with van der Waals surface area (Å²) in [5.74, 6) is 1.35. The minimum absolute atomic E-state index is 0.0196. The second kappa shape index (κ2) is 6.49. The van der Waals surface area contributed by atoms with Gasteiger partial charge in [-0.2, -0.15) is 0 Å². The maximum Gasteiger partial charge on any atom is 0.259 e. The number of hydrogen-bond donors (Lipinski definition) is 0. The third-order valence-corrected chi connectivity index (χ3v) is 5.31. The number of benzene rings is 1. The normalized spacial score (nSPS) is 16.7. The van der Waals surface area contributed by atoms with Gasteiger partial charge in [0.25, 0.3) is 11.6 Å². The van der Waals surface area contributed by atoms with E-state index in [2.05, 4.69) is 22.1 Å². The van der Waals surface area contributed by atoms with Gasteiger partial charge in [-0.05, 0) is 38.2 Å². The lowest BCUT2D eigenvalue weighted by molar-refractivity contribution is 0.0666. The van der Waals surface area contributed by atoms with Crippen LogP contribution >= 0.6 is 0 Å². The van der Waals surface area contributed by atoms with Gasteiger partial charge in [-0.1, -0.05) is 5.16 Å². The van der Waals surface area contributed by atoms with Crippen molar-refractivity contribution in [2.75, 3.05) is 40.0 Å². The Labute approximate surface area is 161 Å². The van der Waals surface area contributed by atoms with Crippen molar-refractivity contribution in [1.82, 2.24) is 19.9 Å². The van der Waals surface area contributed by atoms with E-state index in [4.69, 9.17) is 14.0 Å². The van der Waals surface area contributed by atoms with Crippen molar-refractivity contribution in [3.05, 3.63) is 35.5 Å². The number of piperazine rings is 1. The van der Waals surface area contributed by atoms with E-state index in [-0.39, 0.29) is 12.7 Å². The molecule has 1 amide bonds. The second-order valence-electron chi connectivity index (χ2n) is 7.17. The summed E-state index contributed by atoms with van der Waals surface area (Å²) in [6, 6.07) is 7.43. The maximum absolute atomic E-state index is 13.3. The van der Waals surface area contributed by atoms with Crippen LogP contribution in [0.4, 0.5) is 0 Å². The van der Waals surface area contributed by atoms with E-state index in [1.165, 1.54) is 0 Å². The fourth-order valence-corrected chi connectivity index (χ4v) is 3.65. The zero-order valence-electron chi connectivity index (χ0n) is 15.8. The van der Waals surface area contributed by atoms with Gasteiger partial charge in [0.2, 0.25) is 6.79 Å². The first-order valence-corrected chi connectivity index (χ1v) is 9.25. The molecular formula is C20H20N4O4. The first-order valence-electron chi connectivity index (χ1n) is 9.25. The lowest BCUT2D eigenvalue weighted by Crippen LogP contribution is -2.47. The predicted octanol–water partition coefficient (Wildman–Crippen LogP) is 2.31. The Hall–Kier alpha value is -3.13. The maximum atomic E-state index is 13.3. The van der Waals surface area contributed by atoms with Crippen molar-refractivity contribution in [2.24, 2.45) is 0 Å². The zero-order chi connectivity index (χ0) is 19.3. The quantitative estimate of drug-likeness (QED) is 0.675. The molecule has 0 saturated carbocycles. The summed E-state index contributed by atoms with van der Waals surface area (Å²) in [4.78, 5) is 22.0. The number of nitrogens with zero attached hydrogens (tertiary/aromatic N) is 4. The summed E-state index contributed by atoms with van der Waals surface area (Å²) >= 11 is 0. The number of aromatic nitrogens is 2. The third-order valence-electron chi connectivity index (χ3n) is 5.31. The van der Waals surface area contributed by atoms with Gasteiger partial charge >= 0.3 is 0 Å². The van der Waals surface area contributed by atoms with Crippen LogP contribution in [0.1, 0.15) is 16.1 Å². The molecule has 5 rings (SSSR count). The van der Waals surface area contributed by atoms with Crippen molar-refractivity contribution in [1.29, 1.82) is 0 Å². The number of amides is 1. The molecule has 1 fully saturated rings. The lowest BCUT2D eigenvalue weighted by Gasteiger charge is -2.32. The van der Waals surface area contributed by atoms with Crippen LogP contribution in [0, 0.1) is 6.92 Å². The van der Waals surface area contributed by atoms with Gasteiger partial charge in [-0.15, -0.1) is 0 Å². The van der Waals surface area contributed by atoms with Crippen LogP contribution in [0.15, 0.2) is 28.8 Å². The molecule has 0 aliphatic carbocycles. The van der Waals surface area contributed by atoms with Crippen LogP contribution in [0.25, 0.3) is 22.4 Å². The molecule has 144 valence electrons. The van der Waals surface area contributed by atoms with Crippen molar-refractivity contribution < 1.29 is 18.8 Å². The predicted molar refractivity (Wildman–Crippen MR) is 102 cm³/mol. The standard InChI is InChI=1S/C20H20N4O4/c1-12-18-14(20(25)24-7-5-23(2)6-8-24)10-15(21-19(18)28-22-12)13-3-4-16-17(9-13)27-11-26-16/h3-4,9-10H,5-8,11H2,1-2H3. The number of aryl methyl sites for hydroxylation is 1. The molecule has 1 aromatic carbocycles. The zero-order valence-corrected chi connectivity index (χ0v) is 15.8. The van der Waals surface area contributed by atoms with Crippen LogP contribution in [0.5, 0.6) is 11.5 Å². The topological polar surface area (TPSA) is 80.9 Å². The van der Waals surface area contributed by atoms with E-state index in [9.17, 15) is 4.79 Å². The number of pyridine rings is 1. The van der Waals surface area contributed by atoms with Crippen LogP contribution in [0.3, 0.4) is 0 Å². The summed E-state index contributed by atoms with van der Waals surface area (Å²) in [5.41, 5.74) is 3.07. The van der Waals surface area contributed by atoms with Crippen molar-refractivity contribution >= 4 is 17.0 Å². The molecule has 0 bridgehead atoms. The molecule has 2 aliphatic heterocycles. The average molecular weight is 380 g/mol. The number of carbonyl (C=O) groups is 1. The molecular weight excluding hydrogens is 360 g/mol. The summed E-state index contributed by atoms with van der Waals surface area (Å²) in [7, 11) is 2.06. The van der Waals surface area contributed by atoms with Gasteiger partial charge in [0, 0.05) is 31.7 Å². The van der Waals surface area contributed by atoms with Crippen LogP contribution in [0.2, 0.25) is 0 Å². The smallest absolute Gasteiger partial charge is 0.259 e. The summed E-state index contributed by atoms with van der Waals surface area (Å²) in [5, 5.41) is 4.70. The Balaban J connectivity index is 1.60. The number of ether oxygens (including phenoxy) is 2. The largest absolute Gasteiger partial charge is 0.454 e. The van der Waals surface area contributed by atoms with E-state index in [0.717, 1.165) is 18.7 Å². The highest BCUT2D eigenvalue weighted by atomic mass is 16.7. The molecule has 0 spiro atoms. The molecule has 2 aromatic heterocycles. The van der Waals surface area contributed by atoms with Gasteiger partial charge in [-0.25, -0.2) is 4.98 Å². The Morgan fingerprint density at radius 3 is 2.68 bits per heavy atom. The minimum Gasteiger partial charge on any atom is -0.454 e. The Bertz CT molecular complexity index is 1070. The molecule has 4 heterocycles. The van der Waals surface area contributed by atoms with Crippen LogP contribution in [-0.2, 0) is 0 Å². The number of likely N-dealkylation sites (N-methyl/N-ethyl adjacent to an activating group) is 1. The molecule has 8 nitrogen and oxygen atoms in total. The Kier molecular flexibility index (Phi) is 3.94. The van der Waals surface area contributed by atoms with Crippen molar-refractivity contribution in [3.8, 4) is 22.8 Å². The average Bonchev–Trinajstić information content (AvgIpc) is 3.33. The molecule has 0 N–H and O–H groups in total. The van der Waals surface area contributed by atoms with Crippen LogP contribution < -0.4 is 9.47 Å². The number of fused-ring (bicyclic) bond motifs is 2. The summed E-state index contributed by atoms with van der Waals surface area (Å²) in [6.07, 6.45) is 0. The number of carbonyl (C=O) groups excluding carboxylic acids is 1. The molecule has 2 aliphatic rings. The lowest BCUT2D eigenvalue weighted by atomic mass is 10.0. The van der Waals surface area contributed by atoms with Gasteiger partial charge in [0.05, 0.1) is 22.3 Å². The first kappa shape index (κ1) is 17.0. The van der Waals surface area contributed by atoms with Crippen molar-refractivity contribution in [2.45, 2.75) is 6.92 Å². The van der Waals surface area contributed by atoms with E-state index < -0.39 is 0 Å². The fourth-order valence-electron chi connectivity index (χ4n) is 3.65. The number of rotatable bonds is 2. The molecule has 0 unspecified atom stereocenters. The first-order chi connectivity index (χ1) is 13.6. The molecule has 0 radical (unpaired) electrons. The highest BCUT2D eigenvalue weighted by molar-refractivity contribution is 6.07. The van der Waals surface area contributed by atoms with Gasteiger partial charge in [0.15, 0.2) is 11.5 Å². The highest BCUT2D eigenvalue weighted by Crippen LogP contribution is 2.36. The van der Waals surface area contributed by atoms with Gasteiger partial charge in [-0.3, -0.25) is 4.79 Å². The summed E-state index contributed by atoms with van der Waals surface area (Å²) < 4.78 is 16.2. The van der Waals surface area contributed by atoms with Crippen molar-refractivity contribution in [3.63, 3.8) is 0 Å². The van der Waals surface area contributed by atoms with E-state index in [1.54, 1.807) is 0 Å². The third kappa shape index (κ3) is 2.77. The fraction of sp³-hybridized carbons (Fsp3) is 0.350. The Morgan fingerprint density at radius 2 is 1.86 bits per heavy atom. The minimum atomic E-state index is -0.0196. The molecule has 1 saturated heterocycles.